The summed E-state index contributed by atoms with van der Waals surface area (Å²) < 4.78 is 0. The first-order valence-electron chi connectivity index (χ1n) is 7.62. The molecule has 0 atom stereocenters. The van der Waals surface area contributed by atoms with Crippen molar-refractivity contribution in [3.63, 3.8) is 0 Å². The summed E-state index contributed by atoms with van der Waals surface area (Å²) in [4.78, 5) is 34.3. The molecule has 0 unspecified atom stereocenters. The number of carbonyl (C=O) groups excluding carboxylic acids is 3. The molecule has 3 N–H and O–H groups in total. The minimum absolute atomic E-state index is 0.000591. The van der Waals surface area contributed by atoms with Crippen LogP contribution in [0.2, 0.25) is 0 Å². The van der Waals surface area contributed by atoms with Gasteiger partial charge in [0.15, 0.2) is 0 Å². The van der Waals surface area contributed by atoms with Gasteiger partial charge >= 0.3 is 0 Å². The number of ketones is 1. The second kappa shape index (κ2) is 11.3. The molecule has 0 aromatic carbocycles. The summed E-state index contributed by atoms with van der Waals surface area (Å²) in [6, 6.07) is 0.358. The average molecular weight is 299 g/mol. The molecule has 0 heterocycles. The Morgan fingerprint density at radius 2 is 1.24 bits per heavy atom. The molecule has 0 spiro atoms. The summed E-state index contributed by atoms with van der Waals surface area (Å²) in [5.41, 5.74) is 0. The third-order valence-corrected chi connectivity index (χ3v) is 2.92. The molecule has 2 amide bonds. The normalized spacial score (nSPS) is 10.8. The van der Waals surface area contributed by atoms with Crippen LogP contribution in [-0.2, 0) is 14.4 Å². The van der Waals surface area contributed by atoms with E-state index in [2.05, 4.69) is 16.0 Å². The number of amides is 2. The highest BCUT2D eigenvalue weighted by Crippen LogP contribution is 1.97. The fourth-order valence-corrected chi connectivity index (χ4v) is 1.58. The van der Waals surface area contributed by atoms with Crippen molar-refractivity contribution < 1.29 is 14.4 Å². The Labute approximate surface area is 127 Å². The lowest BCUT2D eigenvalue weighted by molar-refractivity contribution is -0.122. The van der Waals surface area contributed by atoms with Crippen LogP contribution in [-0.4, -0.2) is 43.3 Å². The molecule has 0 aliphatic rings. The molecule has 0 saturated carbocycles. The van der Waals surface area contributed by atoms with Crippen LogP contribution in [0.5, 0.6) is 0 Å². The average Bonchev–Trinajstić information content (AvgIpc) is 2.37. The Morgan fingerprint density at radius 3 is 1.71 bits per heavy atom. The molecule has 0 aromatic rings. The van der Waals surface area contributed by atoms with E-state index >= 15 is 0 Å². The van der Waals surface area contributed by atoms with E-state index in [0.717, 1.165) is 0 Å². The Hall–Kier alpha value is -1.43. The summed E-state index contributed by atoms with van der Waals surface area (Å²) in [7, 11) is 0. The number of carbonyl (C=O) groups is 3. The monoisotopic (exact) mass is 299 g/mol. The van der Waals surface area contributed by atoms with Crippen molar-refractivity contribution in [1.82, 2.24) is 16.0 Å². The highest BCUT2D eigenvalue weighted by molar-refractivity contribution is 5.82. The summed E-state index contributed by atoms with van der Waals surface area (Å²) >= 11 is 0. The van der Waals surface area contributed by atoms with Crippen LogP contribution in [0.4, 0.5) is 0 Å². The van der Waals surface area contributed by atoms with E-state index in [9.17, 15) is 14.4 Å². The Kier molecular flexibility index (Phi) is 10.5. The maximum atomic E-state index is 11.5. The first-order chi connectivity index (χ1) is 9.82. The number of nitrogens with one attached hydrogen (secondary N) is 3. The Morgan fingerprint density at radius 1 is 0.762 bits per heavy atom. The van der Waals surface area contributed by atoms with Crippen molar-refractivity contribution in [3.05, 3.63) is 0 Å². The predicted molar refractivity (Wildman–Crippen MR) is 82.9 cm³/mol. The van der Waals surface area contributed by atoms with Gasteiger partial charge in [0.25, 0.3) is 0 Å². The van der Waals surface area contributed by atoms with Gasteiger partial charge in [-0.2, -0.15) is 0 Å². The summed E-state index contributed by atoms with van der Waals surface area (Å²) in [6.45, 7) is 9.04. The van der Waals surface area contributed by atoms with Crippen LogP contribution in [0.1, 0.15) is 47.0 Å². The maximum Gasteiger partial charge on any atom is 0.221 e. The third-order valence-electron chi connectivity index (χ3n) is 2.92. The smallest absolute Gasteiger partial charge is 0.221 e. The van der Waals surface area contributed by atoms with E-state index in [1.165, 1.54) is 0 Å². The van der Waals surface area contributed by atoms with Crippen molar-refractivity contribution >= 4 is 17.6 Å². The largest absolute Gasteiger partial charge is 0.356 e. The summed E-state index contributed by atoms with van der Waals surface area (Å²) in [5, 5.41) is 8.53. The maximum absolute atomic E-state index is 11.5. The molecule has 0 saturated heterocycles. The molecule has 122 valence electrons. The topological polar surface area (TPSA) is 87.3 Å². The number of hydrogen-bond acceptors (Lipinski definition) is 4. The molecule has 0 rings (SSSR count). The molecular weight excluding hydrogens is 270 g/mol. The van der Waals surface area contributed by atoms with E-state index in [1.54, 1.807) is 0 Å². The minimum atomic E-state index is -0.146. The molecule has 0 radical (unpaired) electrons. The van der Waals surface area contributed by atoms with Crippen molar-refractivity contribution in [3.8, 4) is 0 Å². The zero-order chi connectivity index (χ0) is 16.3. The molecule has 0 aliphatic carbocycles. The van der Waals surface area contributed by atoms with Crippen LogP contribution in [0.25, 0.3) is 0 Å². The lowest BCUT2D eigenvalue weighted by Gasteiger charge is -2.09. The van der Waals surface area contributed by atoms with Gasteiger partial charge in [-0.25, -0.2) is 0 Å². The number of hydrogen-bond donors (Lipinski definition) is 3. The van der Waals surface area contributed by atoms with E-state index in [1.807, 2.05) is 27.7 Å². The SMILES string of the molecule is CC(C)NCCC(=O)NCCC(=O)NCCC(=O)C(C)C. The molecule has 21 heavy (non-hydrogen) atoms. The summed E-state index contributed by atoms with van der Waals surface area (Å²) in [5.74, 6) is -0.0695. The summed E-state index contributed by atoms with van der Waals surface area (Å²) in [6.07, 6.45) is 0.999. The zero-order valence-corrected chi connectivity index (χ0v) is 13.6. The first kappa shape index (κ1) is 19.6. The van der Waals surface area contributed by atoms with Gasteiger partial charge in [-0.1, -0.05) is 27.7 Å². The van der Waals surface area contributed by atoms with Crippen LogP contribution >= 0.6 is 0 Å². The first-order valence-corrected chi connectivity index (χ1v) is 7.62. The number of rotatable bonds is 11. The van der Waals surface area contributed by atoms with Crippen LogP contribution < -0.4 is 16.0 Å². The van der Waals surface area contributed by atoms with Gasteiger partial charge in [0.2, 0.25) is 11.8 Å². The van der Waals surface area contributed by atoms with E-state index in [0.29, 0.717) is 38.5 Å². The fraction of sp³-hybridized carbons (Fsp3) is 0.800. The highest BCUT2D eigenvalue weighted by Gasteiger charge is 2.08. The molecule has 0 aromatic heterocycles. The van der Waals surface area contributed by atoms with Gasteiger partial charge in [-0.05, 0) is 0 Å². The van der Waals surface area contributed by atoms with E-state index in [4.69, 9.17) is 0 Å². The van der Waals surface area contributed by atoms with Crippen LogP contribution in [0.15, 0.2) is 0 Å². The second-order valence-corrected chi connectivity index (χ2v) is 5.68. The third kappa shape index (κ3) is 12.1. The van der Waals surface area contributed by atoms with Crippen molar-refractivity contribution in [2.45, 2.75) is 53.0 Å². The van der Waals surface area contributed by atoms with Crippen molar-refractivity contribution in [2.75, 3.05) is 19.6 Å². The van der Waals surface area contributed by atoms with Crippen molar-refractivity contribution in [2.24, 2.45) is 5.92 Å². The fourth-order valence-electron chi connectivity index (χ4n) is 1.58. The molecular formula is C15H29N3O3. The van der Waals surface area contributed by atoms with Gasteiger partial charge in [0.05, 0.1) is 0 Å². The second-order valence-electron chi connectivity index (χ2n) is 5.68. The lowest BCUT2D eigenvalue weighted by atomic mass is 10.1. The molecule has 0 bridgehead atoms. The van der Waals surface area contributed by atoms with Crippen LogP contribution in [0.3, 0.4) is 0 Å². The predicted octanol–water partition coefficient (Wildman–Crippen LogP) is 0.612. The Bertz CT molecular complexity index is 341. The zero-order valence-electron chi connectivity index (χ0n) is 13.6. The van der Waals surface area contributed by atoms with Gasteiger partial charge in [0, 0.05) is 50.9 Å². The molecule has 6 nitrogen and oxygen atoms in total. The number of Topliss-reactive ketones (excluding diaryl/α,β-unsaturated/α-hetero) is 1. The molecule has 0 aliphatic heterocycles. The van der Waals surface area contributed by atoms with Crippen LogP contribution in [0, 0.1) is 5.92 Å². The molecule has 6 heteroatoms. The van der Waals surface area contributed by atoms with E-state index in [-0.39, 0.29) is 29.9 Å². The lowest BCUT2D eigenvalue weighted by Crippen LogP contribution is -2.34. The minimum Gasteiger partial charge on any atom is -0.356 e. The van der Waals surface area contributed by atoms with Crippen molar-refractivity contribution in [1.29, 1.82) is 0 Å². The Balaban J connectivity index is 3.57. The van der Waals surface area contributed by atoms with E-state index < -0.39 is 0 Å². The quantitative estimate of drug-likeness (QED) is 0.522. The van der Waals surface area contributed by atoms with Gasteiger partial charge in [0.1, 0.15) is 5.78 Å². The molecule has 0 fully saturated rings. The van der Waals surface area contributed by atoms with Gasteiger partial charge < -0.3 is 16.0 Å². The standard InChI is InChI=1S/C15H29N3O3/c1-11(2)13(19)5-8-17-15(21)7-10-18-14(20)6-9-16-12(3)4/h11-12,16H,5-10H2,1-4H3,(H,17,21)(H,18,20). The highest BCUT2D eigenvalue weighted by atomic mass is 16.2. The van der Waals surface area contributed by atoms with Gasteiger partial charge in [-0.3, -0.25) is 14.4 Å². The van der Waals surface area contributed by atoms with Gasteiger partial charge in [-0.15, -0.1) is 0 Å².